The van der Waals surface area contributed by atoms with Gasteiger partial charge in [-0.15, -0.1) is 0 Å². The maximum atomic E-state index is 12.8. The number of hydrogen-bond acceptors (Lipinski definition) is 6. The van der Waals surface area contributed by atoms with Crippen molar-refractivity contribution in [3.8, 4) is 11.5 Å². The van der Waals surface area contributed by atoms with E-state index in [1.165, 1.54) is 64.3 Å². The van der Waals surface area contributed by atoms with Gasteiger partial charge in [-0.25, -0.2) is 4.79 Å². The van der Waals surface area contributed by atoms with E-state index in [9.17, 15) is 19.2 Å². The van der Waals surface area contributed by atoms with E-state index in [1.807, 2.05) is 19.1 Å². The van der Waals surface area contributed by atoms with Crippen LogP contribution >= 0.6 is 0 Å². The second-order valence-electron chi connectivity index (χ2n) is 12.3. The zero-order valence-electron chi connectivity index (χ0n) is 24.4. The van der Waals surface area contributed by atoms with Crippen molar-refractivity contribution in [1.82, 2.24) is 9.80 Å². The van der Waals surface area contributed by atoms with Gasteiger partial charge in [-0.3, -0.25) is 24.2 Å². The van der Waals surface area contributed by atoms with E-state index in [-0.39, 0.29) is 18.1 Å². The van der Waals surface area contributed by atoms with Crippen molar-refractivity contribution in [1.29, 1.82) is 0 Å². The quantitative estimate of drug-likeness (QED) is 0.353. The molecule has 5 amide bonds. The molecule has 1 heterocycles. The molecule has 7 rings (SSSR count). The van der Waals surface area contributed by atoms with Gasteiger partial charge in [0.05, 0.1) is 6.61 Å². The summed E-state index contributed by atoms with van der Waals surface area (Å²) in [6, 6.07) is 12.6. The normalized spacial score (nSPS) is 26.5. The molecule has 1 N–H and O–H groups in total. The number of urea groups is 1. The van der Waals surface area contributed by atoms with E-state index >= 15 is 0 Å². The van der Waals surface area contributed by atoms with Crippen LogP contribution in [0.1, 0.15) is 56.6 Å². The lowest BCUT2D eigenvalue weighted by Crippen LogP contribution is -2.52. The first-order valence-electron chi connectivity index (χ1n) is 14.8. The number of anilines is 1. The summed E-state index contributed by atoms with van der Waals surface area (Å²) in [5, 5.41) is 2.93. The Hall–Kier alpha value is -4.14. The van der Waals surface area contributed by atoms with Gasteiger partial charge in [-0.05, 0) is 110 Å². The minimum absolute atomic E-state index is 0.135. The molecule has 5 fully saturated rings. The highest BCUT2D eigenvalue weighted by atomic mass is 16.5. The number of barbiturate groups is 1. The monoisotopic (exact) mass is 571 g/mol. The highest BCUT2D eigenvalue weighted by Gasteiger charge is 2.51. The largest absolute Gasteiger partial charge is 0.490 e. The molecule has 0 aromatic heterocycles. The second-order valence-corrected chi connectivity index (χ2v) is 12.3. The lowest BCUT2D eigenvalue weighted by atomic mass is 9.48. The summed E-state index contributed by atoms with van der Waals surface area (Å²) in [5.41, 5.74) is 2.85. The molecule has 220 valence electrons. The van der Waals surface area contributed by atoms with Gasteiger partial charge >= 0.3 is 6.03 Å². The van der Waals surface area contributed by atoms with Gasteiger partial charge in [-0.1, -0.05) is 18.2 Å². The van der Waals surface area contributed by atoms with Crippen molar-refractivity contribution in [3.05, 3.63) is 59.2 Å². The number of hydrogen-bond donors (Lipinski definition) is 1. The Morgan fingerprint density at radius 1 is 0.881 bits per heavy atom. The molecule has 4 saturated carbocycles. The smallest absolute Gasteiger partial charge is 0.333 e. The minimum atomic E-state index is -0.683. The molecule has 0 atom stereocenters. The molecule has 2 aromatic rings. The number of imide groups is 2. The summed E-state index contributed by atoms with van der Waals surface area (Å²) in [4.78, 5) is 51.7. The number of carbonyl (C=O) groups is 4. The molecule has 1 saturated heterocycles. The Balaban J connectivity index is 1.10. The Kier molecular flexibility index (Phi) is 7.29. The van der Waals surface area contributed by atoms with Crippen molar-refractivity contribution >= 4 is 35.5 Å². The Morgan fingerprint density at radius 3 is 2.05 bits per heavy atom. The molecule has 5 aliphatic rings. The maximum absolute atomic E-state index is 12.8. The third-order valence-corrected chi connectivity index (χ3v) is 9.40. The molecule has 42 heavy (non-hydrogen) atoms. The van der Waals surface area contributed by atoms with E-state index < -0.39 is 17.8 Å². The Bertz CT molecular complexity index is 1400. The number of ether oxygens (including phenoxy) is 2. The fourth-order valence-electron chi connectivity index (χ4n) is 7.86. The number of benzene rings is 2. The van der Waals surface area contributed by atoms with Crippen LogP contribution in [0.2, 0.25) is 0 Å². The number of nitrogens with one attached hydrogen (secondary N) is 1. The summed E-state index contributed by atoms with van der Waals surface area (Å²) in [7, 11) is 2.65. The van der Waals surface area contributed by atoms with E-state index in [0.29, 0.717) is 29.1 Å². The Labute approximate surface area is 245 Å². The maximum Gasteiger partial charge on any atom is 0.333 e. The van der Waals surface area contributed by atoms with Crippen LogP contribution in [0, 0.1) is 17.8 Å². The second kappa shape index (κ2) is 10.9. The van der Waals surface area contributed by atoms with E-state index in [4.69, 9.17) is 9.47 Å². The molecule has 0 radical (unpaired) electrons. The van der Waals surface area contributed by atoms with Gasteiger partial charge in [0.2, 0.25) is 0 Å². The molecule has 9 heteroatoms. The van der Waals surface area contributed by atoms with Crippen molar-refractivity contribution in [2.24, 2.45) is 17.8 Å². The topological polar surface area (TPSA) is 105 Å². The van der Waals surface area contributed by atoms with Gasteiger partial charge in [0.25, 0.3) is 17.7 Å². The van der Waals surface area contributed by atoms with Crippen LogP contribution in [0.4, 0.5) is 10.5 Å². The standard InChI is InChI=1S/C33H37N3O6/c1-4-41-28-15-20(14-26-30(38)35(2)32(40)36(3)31(26)39)5-10-27(28)42-19-29(37)34-25-8-6-24(7-9-25)33-16-21-11-22(17-33)13-23(12-21)18-33/h5-10,14-15,21-23H,4,11-13,16-19H2,1-3H3,(H,34,37). The summed E-state index contributed by atoms with van der Waals surface area (Å²) in [5.74, 6) is 1.72. The van der Waals surface area contributed by atoms with Crippen LogP contribution < -0.4 is 14.8 Å². The molecule has 4 bridgehead atoms. The van der Waals surface area contributed by atoms with Gasteiger partial charge in [-0.2, -0.15) is 0 Å². The summed E-state index contributed by atoms with van der Waals surface area (Å²) in [6.45, 7) is 1.95. The summed E-state index contributed by atoms with van der Waals surface area (Å²) < 4.78 is 11.5. The van der Waals surface area contributed by atoms with Crippen molar-refractivity contribution in [3.63, 3.8) is 0 Å². The fourth-order valence-corrected chi connectivity index (χ4v) is 7.86. The number of nitrogens with zero attached hydrogens (tertiary/aromatic N) is 2. The fraction of sp³-hybridized carbons (Fsp3) is 0.455. The van der Waals surface area contributed by atoms with Crippen LogP contribution in [0.5, 0.6) is 11.5 Å². The first-order valence-corrected chi connectivity index (χ1v) is 14.8. The van der Waals surface area contributed by atoms with E-state index in [0.717, 1.165) is 33.2 Å². The summed E-state index contributed by atoms with van der Waals surface area (Å²) >= 11 is 0. The summed E-state index contributed by atoms with van der Waals surface area (Å²) in [6.07, 6.45) is 9.56. The van der Waals surface area contributed by atoms with Crippen LogP contribution in [-0.2, 0) is 19.8 Å². The van der Waals surface area contributed by atoms with Crippen LogP contribution in [0.25, 0.3) is 6.08 Å². The number of amides is 5. The highest BCUT2D eigenvalue weighted by Crippen LogP contribution is 2.60. The van der Waals surface area contributed by atoms with E-state index in [2.05, 4.69) is 17.4 Å². The van der Waals surface area contributed by atoms with Gasteiger partial charge < -0.3 is 14.8 Å². The molecule has 2 aromatic carbocycles. The average Bonchev–Trinajstić information content (AvgIpc) is 2.96. The highest BCUT2D eigenvalue weighted by molar-refractivity contribution is 6.30. The zero-order valence-corrected chi connectivity index (χ0v) is 24.4. The van der Waals surface area contributed by atoms with Crippen LogP contribution in [0.3, 0.4) is 0 Å². The lowest BCUT2D eigenvalue weighted by molar-refractivity contribution is -0.134. The molecule has 0 spiro atoms. The average molecular weight is 572 g/mol. The molecule has 4 aliphatic carbocycles. The number of carbonyl (C=O) groups excluding carboxylic acids is 4. The third kappa shape index (κ3) is 5.16. The van der Waals surface area contributed by atoms with Crippen LogP contribution in [0.15, 0.2) is 48.0 Å². The number of rotatable bonds is 8. The predicted octanol–water partition coefficient (Wildman–Crippen LogP) is 5.00. The minimum Gasteiger partial charge on any atom is -0.490 e. The predicted molar refractivity (Wildman–Crippen MR) is 157 cm³/mol. The molecule has 9 nitrogen and oxygen atoms in total. The van der Waals surface area contributed by atoms with E-state index in [1.54, 1.807) is 18.2 Å². The zero-order chi connectivity index (χ0) is 29.6. The van der Waals surface area contributed by atoms with Gasteiger partial charge in [0, 0.05) is 19.8 Å². The molecule has 1 aliphatic heterocycles. The molecular weight excluding hydrogens is 534 g/mol. The first-order chi connectivity index (χ1) is 20.2. The van der Waals surface area contributed by atoms with Crippen molar-refractivity contribution in [2.45, 2.75) is 50.9 Å². The first kappa shape index (κ1) is 28.0. The van der Waals surface area contributed by atoms with Crippen molar-refractivity contribution < 1.29 is 28.7 Å². The molecule has 0 unspecified atom stereocenters. The molecular formula is C33H37N3O6. The SMILES string of the molecule is CCOc1cc(C=C2C(=O)N(C)C(=O)N(C)C2=O)ccc1OCC(=O)Nc1ccc(C23CC4CC(CC(C4)C2)C3)cc1. The van der Waals surface area contributed by atoms with Gasteiger partial charge in [0.15, 0.2) is 18.1 Å². The van der Waals surface area contributed by atoms with Gasteiger partial charge in [0.1, 0.15) is 5.57 Å². The third-order valence-electron chi connectivity index (χ3n) is 9.40. The van der Waals surface area contributed by atoms with Crippen molar-refractivity contribution in [2.75, 3.05) is 32.6 Å². The lowest BCUT2D eigenvalue weighted by Gasteiger charge is -2.57. The van der Waals surface area contributed by atoms with Crippen LogP contribution in [-0.4, -0.2) is 60.9 Å². The number of likely N-dealkylation sites (N-methyl/N-ethyl adjacent to an activating group) is 2. The Morgan fingerprint density at radius 2 is 1.48 bits per heavy atom.